The SMILES string of the molecule is CCOC(=O)CCCCCOc1c(Br)cccc1CN. The Labute approximate surface area is 128 Å². The van der Waals surface area contributed by atoms with Gasteiger partial charge in [0.05, 0.1) is 17.7 Å². The van der Waals surface area contributed by atoms with Crippen LogP contribution >= 0.6 is 15.9 Å². The van der Waals surface area contributed by atoms with Crippen molar-refractivity contribution in [3.05, 3.63) is 28.2 Å². The molecule has 1 rings (SSSR count). The van der Waals surface area contributed by atoms with Crippen LogP contribution in [0.15, 0.2) is 22.7 Å². The van der Waals surface area contributed by atoms with Gasteiger partial charge in [-0.25, -0.2) is 0 Å². The molecule has 0 atom stereocenters. The molecule has 0 fully saturated rings. The largest absolute Gasteiger partial charge is 0.492 e. The zero-order valence-corrected chi connectivity index (χ0v) is 13.4. The van der Waals surface area contributed by atoms with E-state index in [1.165, 1.54) is 0 Å². The molecule has 4 nitrogen and oxygen atoms in total. The van der Waals surface area contributed by atoms with Crippen LogP contribution in [0.1, 0.15) is 38.2 Å². The molecule has 0 radical (unpaired) electrons. The number of carbonyl (C=O) groups excluding carboxylic acids is 1. The predicted molar refractivity (Wildman–Crippen MR) is 82.6 cm³/mol. The lowest BCUT2D eigenvalue weighted by molar-refractivity contribution is -0.143. The van der Waals surface area contributed by atoms with Gasteiger partial charge < -0.3 is 15.2 Å². The normalized spacial score (nSPS) is 10.3. The van der Waals surface area contributed by atoms with E-state index in [0.29, 0.717) is 26.2 Å². The molecule has 0 aliphatic heterocycles. The third kappa shape index (κ3) is 5.92. The molecule has 0 unspecified atom stereocenters. The van der Waals surface area contributed by atoms with Crippen molar-refractivity contribution in [2.24, 2.45) is 5.73 Å². The summed E-state index contributed by atoms with van der Waals surface area (Å²) in [4.78, 5) is 11.2. The van der Waals surface area contributed by atoms with Crippen LogP contribution in [0.25, 0.3) is 0 Å². The van der Waals surface area contributed by atoms with E-state index in [9.17, 15) is 4.79 Å². The lowest BCUT2D eigenvalue weighted by Gasteiger charge is -2.12. The van der Waals surface area contributed by atoms with E-state index >= 15 is 0 Å². The molecule has 0 aromatic heterocycles. The minimum absolute atomic E-state index is 0.121. The summed E-state index contributed by atoms with van der Waals surface area (Å²) in [5, 5.41) is 0. The second-order valence-electron chi connectivity index (χ2n) is 4.40. The topological polar surface area (TPSA) is 61.5 Å². The van der Waals surface area contributed by atoms with Gasteiger partial charge in [0.15, 0.2) is 0 Å². The molecule has 0 saturated carbocycles. The number of nitrogens with two attached hydrogens (primary N) is 1. The van der Waals surface area contributed by atoms with Gasteiger partial charge in [-0.1, -0.05) is 12.1 Å². The highest BCUT2D eigenvalue weighted by atomic mass is 79.9. The Morgan fingerprint density at radius 2 is 2.10 bits per heavy atom. The van der Waals surface area contributed by atoms with Crippen LogP contribution < -0.4 is 10.5 Å². The fourth-order valence-corrected chi connectivity index (χ4v) is 2.35. The summed E-state index contributed by atoms with van der Waals surface area (Å²) in [6.07, 6.45) is 3.17. The van der Waals surface area contributed by atoms with Crippen LogP contribution in [-0.2, 0) is 16.1 Å². The Morgan fingerprint density at radius 3 is 2.80 bits per heavy atom. The number of rotatable bonds is 9. The molecule has 112 valence electrons. The molecule has 20 heavy (non-hydrogen) atoms. The van der Waals surface area contributed by atoms with Crippen LogP contribution in [-0.4, -0.2) is 19.2 Å². The summed E-state index contributed by atoms with van der Waals surface area (Å²) in [6, 6.07) is 5.84. The second kappa shape index (κ2) is 9.77. The van der Waals surface area contributed by atoms with Gasteiger partial charge in [-0.05, 0) is 48.2 Å². The fraction of sp³-hybridized carbons (Fsp3) is 0.533. The number of halogens is 1. The van der Waals surface area contributed by atoms with Crippen molar-refractivity contribution in [2.75, 3.05) is 13.2 Å². The van der Waals surface area contributed by atoms with Gasteiger partial charge >= 0.3 is 5.97 Å². The predicted octanol–water partition coefficient (Wildman–Crippen LogP) is 3.41. The van der Waals surface area contributed by atoms with E-state index in [1.54, 1.807) is 0 Å². The van der Waals surface area contributed by atoms with Crippen molar-refractivity contribution in [1.29, 1.82) is 0 Å². The first-order valence-corrected chi connectivity index (χ1v) is 7.74. The summed E-state index contributed by atoms with van der Waals surface area (Å²) in [7, 11) is 0. The molecule has 0 heterocycles. The minimum atomic E-state index is -0.121. The molecule has 1 aromatic rings. The highest BCUT2D eigenvalue weighted by Gasteiger charge is 2.06. The summed E-state index contributed by atoms with van der Waals surface area (Å²) < 4.78 is 11.6. The molecule has 0 saturated heterocycles. The first-order chi connectivity index (χ1) is 9.69. The van der Waals surface area contributed by atoms with Crippen molar-refractivity contribution in [3.63, 3.8) is 0 Å². The van der Waals surface area contributed by atoms with Gasteiger partial charge in [0.1, 0.15) is 5.75 Å². The first kappa shape index (κ1) is 17.0. The Hall–Kier alpha value is -1.07. The van der Waals surface area contributed by atoms with E-state index in [2.05, 4.69) is 15.9 Å². The molecule has 0 aliphatic carbocycles. The summed E-state index contributed by atoms with van der Waals surface area (Å²) in [5.41, 5.74) is 6.67. The van der Waals surface area contributed by atoms with Crippen LogP contribution in [0, 0.1) is 0 Å². The van der Waals surface area contributed by atoms with Gasteiger partial charge in [-0.15, -0.1) is 0 Å². The molecule has 1 aromatic carbocycles. The van der Waals surface area contributed by atoms with E-state index < -0.39 is 0 Å². The highest BCUT2D eigenvalue weighted by Crippen LogP contribution is 2.28. The van der Waals surface area contributed by atoms with E-state index in [1.807, 2.05) is 25.1 Å². The Bertz CT molecular complexity index is 424. The van der Waals surface area contributed by atoms with Crippen molar-refractivity contribution in [1.82, 2.24) is 0 Å². The molecule has 5 heteroatoms. The number of ether oxygens (including phenoxy) is 2. The van der Waals surface area contributed by atoms with Crippen LogP contribution in [0.5, 0.6) is 5.75 Å². The van der Waals surface area contributed by atoms with E-state index in [4.69, 9.17) is 15.2 Å². The lowest BCUT2D eigenvalue weighted by Crippen LogP contribution is -2.05. The fourth-order valence-electron chi connectivity index (χ4n) is 1.83. The maximum Gasteiger partial charge on any atom is 0.305 e. The summed E-state index contributed by atoms with van der Waals surface area (Å²) in [5.74, 6) is 0.699. The Morgan fingerprint density at radius 1 is 1.30 bits per heavy atom. The maximum atomic E-state index is 11.2. The zero-order chi connectivity index (χ0) is 14.8. The average molecular weight is 344 g/mol. The number of unbranched alkanes of at least 4 members (excludes halogenated alkanes) is 2. The number of benzene rings is 1. The number of carbonyl (C=O) groups is 1. The van der Waals surface area contributed by atoms with Gasteiger partial charge in [-0.2, -0.15) is 0 Å². The first-order valence-electron chi connectivity index (χ1n) is 6.95. The summed E-state index contributed by atoms with van der Waals surface area (Å²) >= 11 is 3.47. The van der Waals surface area contributed by atoms with Crippen LogP contribution in [0.4, 0.5) is 0 Å². The maximum absolute atomic E-state index is 11.2. The van der Waals surface area contributed by atoms with E-state index in [0.717, 1.165) is 35.0 Å². The summed E-state index contributed by atoms with van der Waals surface area (Å²) in [6.45, 7) is 3.35. The molecule has 0 amide bonds. The molecular formula is C15H22BrNO3. The van der Waals surface area contributed by atoms with E-state index in [-0.39, 0.29) is 5.97 Å². The van der Waals surface area contributed by atoms with Crippen molar-refractivity contribution in [3.8, 4) is 5.75 Å². The van der Waals surface area contributed by atoms with Gasteiger partial charge in [0.2, 0.25) is 0 Å². The molecular weight excluding hydrogens is 322 g/mol. The van der Waals surface area contributed by atoms with Crippen molar-refractivity contribution < 1.29 is 14.3 Å². The van der Waals surface area contributed by atoms with Gasteiger partial charge in [0, 0.05) is 18.5 Å². The third-order valence-corrected chi connectivity index (χ3v) is 3.47. The van der Waals surface area contributed by atoms with Gasteiger partial charge in [-0.3, -0.25) is 4.79 Å². The molecule has 0 aliphatic rings. The third-order valence-electron chi connectivity index (χ3n) is 2.85. The average Bonchev–Trinajstić information content (AvgIpc) is 2.44. The zero-order valence-electron chi connectivity index (χ0n) is 11.9. The van der Waals surface area contributed by atoms with Crippen LogP contribution in [0.3, 0.4) is 0 Å². The Balaban J connectivity index is 2.23. The molecule has 2 N–H and O–H groups in total. The highest BCUT2D eigenvalue weighted by molar-refractivity contribution is 9.10. The van der Waals surface area contributed by atoms with Crippen molar-refractivity contribution in [2.45, 2.75) is 39.2 Å². The molecule has 0 bridgehead atoms. The quantitative estimate of drug-likeness (QED) is 0.551. The second-order valence-corrected chi connectivity index (χ2v) is 5.25. The number of hydrogen-bond acceptors (Lipinski definition) is 4. The number of hydrogen-bond donors (Lipinski definition) is 1. The minimum Gasteiger partial charge on any atom is -0.492 e. The van der Waals surface area contributed by atoms with Crippen LogP contribution in [0.2, 0.25) is 0 Å². The number of para-hydroxylation sites is 1. The smallest absolute Gasteiger partial charge is 0.305 e. The van der Waals surface area contributed by atoms with Crippen molar-refractivity contribution >= 4 is 21.9 Å². The standard InChI is InChI=1S/C15H22BrNO3/c1-2-19-14(18)9-4-3-5-10-20-15-12(11-17)7-6-8-13(15)16/h6-8H,2-5,9-11,17H2,1H3. The van der Waals surface area contributed by atoms with Gasteiger partial charge in [0.25, 0.3) is 0 Å². The number of esters is 1. The lowest BCUT2D eigenvalue weighted by atomic mass is 10.2. The Kier molecular flexibility index (Phi) is 8.30. The monoisotopic (exact) mass is 343 g/mol. The molecule has 0 spiro atoms.